The van der Waals surface area contributed by atoms with Crippen molar-refractivity contribution in [1.29, 1.82) is 0 Å². The molecule has 0 atom stereocenters. The molecule has 0 saturated carbocycles. The molecule has 0 aliphatic heterocycles. The lowest BCUT2D eigenvalue weighted by Crippen LogP contribution is -2.41. The first-order chi connectivity index (χ1) is 12.5. The first kappa shape index (κ1) is 20.4. The third kappa shape index (κ3) is 5.27. The Labute approximate surface area is 155 Å². The molecule has 0 aliphatic carbocycles. The predicted molar refractivity (Wildman–Crippen MR) is 103 cm³/mol. The number of ether oxygens (including phenoxy) is 1. The van der Waals surface area contributed by atoms with Crippen molar-refractivity contribution < 1.29 is 17.9 Å². The van der Waals surface area contributed by atoms with Gasteiger partial charge in [-0.25, -0.2) is 8.42 Å². The van der Waals surface area contributed by atoms with Crippen molar-refractivity contribution in [3.05, 3.63) is 42.5 Å². The minimum atomic E-state index is -3.73. The van der Waals surface area contributed by atoms with Crippen LogP contribution in [0.3, 0.4) is 0 Å². The predicted octanol–water partition coefficient (Wildman–Crippen LogP) is 2.39. The number of fused-ring (bicyclic) bond motifs is 1. The molecule has 0 aromatic heterocycles. The topological polar surface area (TPSA) is 75.7 Å². The van der Waals surface area contributed by atoms with E-state index in [1.807, 2.05) is 31.2 Å². The lowest BCUT2D eigenvalue weighted by atomic mass is 10.1. The number of carbonyl (C=O) groups is 1. The number of hydrogen-bond donors (Lipinski definition) is 1. The Morgan fingerprint density at radius 3 is 2.54 bits per heavy atom. The number of likely N-dealkylation sites (N-methyl/N-ethyl adjacent to an activating group) is 1. The van der Waals surface area contributed by atoms with Crippen LogP contribution in [0, 0.1) is 0 Å². The highest BCUT2D eigenvalue weighted by molar-refractivity contribution is 7.89. The Kier molecular flexibility index (Phi) is 7.56. The molecule has 0 spiro atoms. The van der Waals surface area contributed by atoms with E-state index in [1.54, 1.807) is 25.1 Å². The minimum absolute atomic E-state index is 0.194. The number of nitrogens with one attached hydrogen (secondary N) is 1. The fourth-order valence-corrected chi connectivity index (χ4v) is 4.05. The van der Waals surface area contributed by atoms with Crippen molar-refractivity contribution in [3.63, 3.8) is 0 Å². The molecule has 1 N–H and O–H groups in total. The summed E-state index contributed by atoms with van der Waals surface area (Å²) in [5.74, 6) is -0.312. The van der Waals surface area contributed by atoms with Gasteiger partial charge in [-0.05, 0) is 36.2 Å². The second kappa shape index (κ2) is 9.66. The highest BCUT2D eigenvalue weighted by Gasteiger charge is 2.25. The van der Waals surface area contributed by atoms with Crippen LogP contribution < -0.4 is 5.32 Å². The largest absolute Gasteiger partial charge is 0.382 e. The average Bonchev–Trinajstić information content (AvgIpc) is 2.65. The van der Waals surface area contributed by atoms with Gasteiger partial charge in [0.05, 0.1) is 11.4 Å². The van der Waals surface area contributed by atoms with Gasteiger partial charge in [-0.2, -0.15) is 4.31 Å². The molecule has 0 heterocycles. The van der Waals surface area contributed by atoms with Crippen molar-refractivity contribution in [3.8, 4) is 0 Å². The first-order valence-electron chi connectivity index (χ1n) is 8.82. The van der Waals surface area contributed by atoms with E-state index < -0.39 is 10.0 Å². The van der Waals surface area contributed by atoms with Gasteiger partial charge in [-0.1, -0.05) is 37.3 Å². The Morgan fingerprint density at radius 2 is 1.85 bits per heavy atom. The second-order valence-corrected chi connectivity index (χ2v) is 7.78. The number of nitrogens with zero attached hydrogens (tertiary/aromatic N) is 1. The summed E-state index contributed by atoms with van der Waals surface area (Å²) in [5, 5.41) is 4.56. The van der Waals surface area contributed by atoms with Gasteiger partial charge in [-0.3, -0.25) is 4.79 Å². The van der Waals surface area contributed by atoms with Crippen molar-refractivity contribution in [2.45, 2.75) is 25.2 Å². The van der Waals surface area contributed by atoms with Crippen LogP contribution in [0.25, 0.3) is 10.8 Å². The molecule has 2 aromatic rings. The highest BCUT2D eigenvalue weighted by atomic mass is 32.2. The van der Waals surface area contributed by atoms with E-state index in [2.05, 4.69) is 5.32 Å². The maximum Gasteiger partial charge on any atom is 0.243 e. The van der Waals surface area contributed by atoms with Gasteiger partial charge >= 0.3 is 0 Å². The van der Waals surface area contributed by atoms with Crippen molar-refractivity contribution in [2.24, 2.45) is 0 Å². The normalized spacial score (nSPS) is 11.8. The van der Waals surface area contributed by atoms with Crippen molar-refractivity contribution >= 4 is 26.7 Å². The monoisotopic (exact) mass is 378 g/mol. The molecule has 6 nitrogen and oxygen atoms in total. The molecular formula is C19H26N2O4S. The van der Waals surface area contributed by atoms with Crippen molar-refractivity contribution in [2.75, 3.05) is 32.8 Å². The number of rotatable bonds is 10. The Bertz CT molecular complexity index is 836. The molecule has 0 saturated heterocycles. The lowest BCUT2D eigenvalue weighted by Gasteiger charge is -2.20. The maximum atomic E-state index is 12.9. The summed E-state index contributed by atoms with van der Waals surface area (Å²) in [4.78, 5) is 12.3. The van der Waals surface area contributed by atoms with Gasteiger partial charge in [0.15, 0.2) is 0 Å². The molecule has 0 bridgehead atoms. The minimum Gasteiger partial charge on any atom is -0.382 e. The molecule has 2 rings (SSSR count). The summed E-state index contributed by atoms with van der Waals surface area (Å²) in [6.07, 6.45) is 0.698. The molecule has 1 amide bonds. The number of amides is 1. The second-order valence-electron chi connectivity index (χ2n) is 5.84. The summed E-state index contributed by atoms with van der Waals surface area (Å²) >= 11 is 0. The number of hydrogen-bond acceptors (Lipinski definition) is 4. The molecule has 0 unspecified atom stereocenters. The molecule has 0 radical (unpaired) electrons. The van der Waals surface area contributed by atoms with Gasteiger partial charge in [-0.15, -0.1) is 0 Å². The SMILES string of the molecule is CCOCCCNC(=O)CN(CC)S(=O)(=O)c1ccc2ccccc2c1. The van der Waals surface area contributed by atoms with Crippen molar-refractivity contribution in [1.82, 2.24) is 9.62 Å². The van der Waals surface area contributed by atoms with Crippen LogP contribution >= 0.6 is 0 Å². The Balaban J connectivity index is 2.05. The molecule has 142 valence electrons. The zero-order chi connectivity index (χ0) is 19.0. The molecule has 0 aliphatic rings. The van der Waals surface area contributed by atoms with Crippen LogP contribution in [0.15, 0.2) is 47.4 Å². The van der Waals surface area contributed by atoms with E-state index in [0.717, 1.165) is 10.8 Å². The molecule has 2 aromatic carbocycles. The van der Waals surface area contributed by atoms with Crippen LogP contribution in [0.4, 0.5) is 0 Å². The summed E-state index contributed by atoms with van der Waals surface area (Å²) in [6, 6.07) is 12.6. The third-order valence-corrected chi connectivity index (χ3v) is 5.94. The van der Waals surface area contributed by atoms with Crippen LogP contribution in [0.2, 0.25) is 0 Å². The van der Waals surface area contributed by atoms with Crippen LogP contribution in [0.5, 0.6) is 0 Å². The molecular weight excluding hydrogens is 352 g/mol. The van der Waals surface area contributed by atoms with E-state index >= 15 is 0 Å². The lowest BCUT2D eigenvalue weighted by molar-refractivity contribution is -0.121. The summed E-state index contributed by atoms with van der Waals surface area (Å²) in [5.41, 5.74) is 0. The van der Waals surface area contributed by atoms with E-state index in [1.165, 1.54) is 4.31 Å². The quantitative estimate of drug-likeness (QED) is 0.644. The van der Waals surface area contributed by atoms with Crippen LogP contribution in [-0.4, -0.2) is 51.5 Å². The molecule has 7 heteroatoms. The number of carbonyl (C=O) groups excluding carboxylic acids is 1. The van der Waals surface area contributed by atoms with Crippen LogP contribution in [0.1, 0.15) is 20.3 Å². The third-order valence-electron chi connectivity index (χ3n) is 4.02. The van der Waals surface area contributed by atoms with E-state index in [9.17, 15) is 13.2 Å². The van der Waals surface area contributed by atoms with E-state index in [-0.39, 0.29) is 23.9 Å². The highest BCUT2D eigenvalue weighted by Crippen LogP contribution is 2.21. The van der Waals surface area contributed by atoms with E-state index in [0.29, 0.717) is 26.2 Å². The Morgan fingerprint density at radius 1 is 1.12 bits per heavy atom. The van der Waals surface area contributed by atoms with Gasteiger partial charge in [0.1, 0.15) is 0 Å². The average molecular weight is 378 g/mol. The maximum absolute atomic E-state index is 12.9. The zero-order valence-corrected chi connectivity index (χ0v) is 16.1. The van der Waals surface area contributed by atoms with Crippen LogP contribution in [-0.2, 0) is 19.6 Å². The first-order valence-corrected chi connectivity index (χ1v) is 10.3. The van der Waals surface area contributed by atoms with Gasteiger partial charge in [0, 0.05) is 26.3 Å². The zero-order valence-electron chi connectivity index (χ0n) is 15.3. The summed E-state index contributed by atoms with van der Waals surface area (Å²) in [6.45, 7) is 5.34. The smallest absolute Gasteiger partial charge is 0.243 e. The fourth-order valence-electron chi connectivity index (χ4n) is 2.61. The van der Waals surface area contributed by atoms with E-state index in [4.69, 9.17) is 4.74 Å². The fraction of sp³-hybridized carbons (Fsp3) is 0.421. The Hall–Kier alpha value is -1.96. The molecule has 26 heavy (non-hydrogen) atoms. The van der Waals surface area contributed by atoms with Gasteiger partial charge in [0.25, 0.3) is 0 Å². The number of benzene rings is 2. The van der Waals surface area contributed by atoms with Gasteiger partial charge < -0.3 is 10.1 Å². The van der Waals surface area contributed by atoms with Gasteiger partial charge in [0.2, 0.25) is 15.9 Å². The standard InChI is InChI=1S/C19H26N2O4S/c1-3-21(15-19(22)20-12-7-13-25-4-2)26(23,24)18-11-10-16-8-5-6-9-17(16)14-18/h5-6,8-11,14H,3-4,7,12-13,15H2,1-2H3,(H,20,22). The number of sulfonamides is 1. The molecule has 0 fully saturated rings. The summed E-state index contributed by atoms with van der Waals surface area (Å²) < 4.78 is 32.2. The summed E-state index contributed by atoms with van der Waals surface area (Å²) in [7, 11) is -3.73.